The highest BCUT2D eigenvalue weighted by molar-refractivity contribution is 7.07. The molecule has 2 aromatic rings. The average molecular weight is 250 g/mol. The smallest absolute Gasteiger partial charge is 0.0842 e. The lowest BCUT2D eigenvalue weighted by Gasteiger charge is -2.15. The molecule has 0 bridgehead atoms. The second kappa shape index (κ2) is 5.93. The minimum Gasteiger partial charge on any atom is -0.314 e. The van der Waals surface area contributed by atoms with Gasteiger partial charge in [-0.05, 0) is 35.4 Å². The zero-order chi connectivity index (χ0) is 12.1. The summed E-state index contributed by atoms with van der Waals surface area (Å²) in [6.45, 7) is 3.12. The molecule has 0 spiro atoms. The van der Waals surface area contributed by atoms with Crippen LogP contribution in [0.1, 0.15) is 18.2 Å². The Kier molecular flexibility index (Phi) is 4.28. The van der Waals surface area contributed by atoms with Gasteiger partial charge in [0, 0.05) is 25.7 Å². The summed E-state index contributed by atoms with van der Waals surface area (Å²) in [5.41, 5.74) is 2.44. The van der Waals surface area contributed by atoms with Gasteiger partial charge in [0.05, 0.1) is 5.69 Å². The van der Waals surface area contributed by atoms with E-state index in [9.17, 15) is 0 Å². The Hall–Kier alpha value is -1.20. The number of rotatable bonds is 6. The molecular weight excluding hydrogens is 232 g/mol. The van der Waals surface area contributed by atoms with Crippen molar-refractivity contribution in [2.24, 2.45) is 7.05 Å². The zero-order valence-corrected chi connectivity index (χ0v) is 11.1. The van der Waals surface area contributed by atoms with Gasteiger partial charge >= 0.3 is 0 Å². The molecule has 4 nitrogen and oxygen atoms in total. The third-order valence-corrected chi connectivity index (χ3v) is 3.39. The summed E-state index contributed by atoms with van der Waals surface area (Å²) < 4.78 is 1.75. The maximum atomic E-state index is 4.14. The summed E-state index contributed by atoms with van der Waals surface area (Å²) in [7, 11) is 1.90. The first kappa shape index (κ1) is 12.3. The SMILES string of the molecule is CCNC(Cc1ccsc1)Cc1cn(C)nn1. The average Bonchev–Trinajstić information content (AvgIpc) is 2.91. The predicted molar refractivity (Wildman–Crippen MR) is 70.2 cm³/mol. The number of aromatic nitrogens is 3. The van der Waals surface area contributed by atoms with Crippen LogP contribution in [0.25, 0.3) is 0 Å². The van der Waals surface area contributed by atoms with Gasteiger partial charge in [0.15, 0.2) is 0 Å². The van der Waals surface area contributed by atoms with Gasteiger partial charge in [0.25, 0.3) is 0 Å². The van der Waals surface area contributed by atoms with Crippen molar-refractivity contribution in [3.05, 3.63) is 34.3 Å². The quantitative estimate of drug-likeness (QED) is 0.847. The maximum Gasteiger partial charge on any atom is 0.0842 e. The van der Waals surface area contributed by atoms with Gasteiger partial charge in [-0.15, -0.1) is 5.10 Å². The van der Waals surface area contributed by atoms with Crippen LogP contribution >= 0.6 is 11.3 Å². The lowest BCUT2D eigenvalue weighted by Crippen LogP contribution is -2.33. The number of hydrogen-bond acceptors (Lipinski definition) is 4. The number of thiophene rings is 1. The number of nitrogens with one attached hydrogen (secondary N) is 1. The van der Waals surface area contributed by atoms with Crippen molar-refractivity contribution in [3.8, 4) is 0 Å². The third kappa shape index (κ3) is 3.64. The second-order valence-electron chi connectivity index (χ2n) is 4.18. The number of likely N-dealkylation sites (N-methyl/N-ethyl adjacent to an activating group) is 1. The van der Waals surface area contributed by atoms with Gasteiger partial charge in [0.2, 0.25) is 0 Å². The van der Waals surface area contributed by atoms with Crippen LogP contribution in [-0.2, 0) is 19.9 Å². The van der Waals surface area contributed by atoms with E-state index in [0.29, 0.717) is 6.04 Å². The van der Waals surface area contributed by atoms with Crippen molar-refractivity contribution in [2.45, 2.75) is 25.8 Å². The molecule has 1 N–H and O–H groups in total. The Morgan fingerprint density at radius 1 is 1.47 bits per heavy atom. The summed E-state index contributed by atoms with van der Waals surface area (Å²) in [6, 6.07) is 2.62. The molecule has 5 heteroatoms. The molecule has 1 atom stereocenters. The molecule has 0 saturated heterocycles. The second-order valence-corrected chi connectivity index (χ2v) is 4.96. The molecule has 0 aliphatic heterocycles. The minimum atomic E-state index is 0.436. The molecular formula is C12H18N4S. The number of nitrogens with zero attached hydrogens (tertiary/aromatic N) is 3. The van der Waals surface area contributed by atoms with E-state index < -0.39 is 0 Å². The van der Waals surface area contributed by atoms with E-state index in [1.54, 1.807) is 16.0 Å². The largest absolute Gasteiger partial charge is 0.314 e. The first-order valence-corrected chi connectivity index (χ1v) is 6.82. The van der Waals surface area contributed by atoms with Crippen LogP contribution in [0.2, 0.25) is 0 Å². The minimum absolute atomic E-state index is 0.436. The molecule has 0 radical (unpaired) electrons. The molecule has 0 saturated carbocycles. The van der Waals surface area contributed by atoms with E-state index in [2.05, 4.69) is 39.4 Å². The highest BCUT2D eigenvalue weighted by atomic mass is 32.1. The number of aryl methyl sites for hydroxylation is 1. The van der Waals surface area contributed by atoms with Gasteiger partial charge < -0.3 is 5.32 Å². The normalized spacial score (nSPS) is 12.8. The lowest BCUT2D eigenvalue weighted by molar-refractivity contribution is 0.516. The topological polar surface area (TPSA) is 42.7 Å². The Balaban J connectivity index is 1.97. The fourth-order valence-electron chi connectivity index (χ4n) is 1.94. The molecule has 0 aliphatic rings. The molecule has 0 fully saturated rings. The van der Waals surface area contributed by atoms with Crippen LogP contribution in [0, 0.1) is 0 Å². The Bertz CT molecular complexity index is 435. The molecule has 2 heterocycles. The Labute approximate surface area is 106 Å². The van der Waals surface area contributed by atoms with E-state index in [4.69, 9.17) is 0 Å². The monoisotopic (exact) mass is 250 g/mol. The summed E-state index contributed by atoms with van der Waals surface area (Å²) in [4.78, 5) is 0. The van der Waals surface area contributed by atoms with Crippen molar-refractivity contribution in [2.75, 3.05) is 6.54 Å². The van der Waals surface area contributed by atoms with Gasteiger partial charge in [-0.2, -0.15) is 11.3 Å². The summed E-state index contributed by atoms with van der Waals surface area (Å²) >= 11 is 1.75. The van der Waals surface area contributed by atoms with Crippen LogP contribution < -0.4 is 5.32 Å². The molecule has 0 amide bonds. The van der Waals surface area contributed by atoms with Crippen molar-refractivity contribution in [3.63, 3.8) is 0 Å². The highest BCUT2D eigenvalue weighted by Gasteiger charge is 2.11. The lowest BCUT2D eigenvalue weighted by atomic mass is 10.0. The van der Waals surface area contributed by atoms with Crippen LogP contribution in [0.15, 0.2) is 23.0 Å². The molecule has 1 unspecified atom stereocenters. The van der Waals surface area contributed by atoms with Crippen LogP contribution in [0.3, 0.4) is 0 Å². The van der Waals surface area contributed by atoms with Crippen LogP contribution in [0.4, 0.5) is 0 Å². The Morgan fingerprint density at radius 3 is 2.94 bits per heavy atom. The predicted octanol–water partition coefficient (Wildman–Crippen LogP) is 1.64. The van der Waals surface area contributed by atoms with E-state index in [-0.39, 0.29) is 0 Å². The fourth-order valence-corrected chi connectivity index (χ4v) is 2.62. The van der Waals surface area contributed by atoms with Gasteiger partial charge in [0.1, 0.15) is 0 Å². The van der Waals surface area contributed by atoms with E-state index in [1.807, 2.05) is 13.2 Å². The molecule has 2 aromatic heterocycles. The van der Waals surface area contributed by atoms with Gasteiger partial charge in [-0.1, -0.05) is 12.1 Å². The number of hydrogen-bond donors (Lipinski definition) is 1. The summed E-state index contributed by atoms with van der Waals surface area (Å²) in [6.07, 6.45) is 3.96. The van der Waals surface area contributed by atoms with Crippen molar-refractivity contribution < 1.29 is 0 Å². The van der Waals surface area contributed by atoms with E-state index in [1.165, 1.54) is 5.56 Å². The van der Waals surface area contributed by atoms with Crippen molar-refractivity contribution in [1.29, 1.82) is 0 Å². The van der Waals surface area contributed by atoms with Gasteiger partial charge in [-0.3, -0.25) is 4.68 Å². The first-order chi connectivity index (χ1) is 8.28. The van der Waals surface area contributed by atoms with Crippen molar-refractivity contribution in [1.82, 2.24) is 20.3 Å². The first-order valence-electron chi connectivity index (χ1n) is 5.87. The molecule has 17 heavy (non-hydrogen) atoms. The zero-order valence-electron chi connectivity index (χ0n) is 10.3. The summed E-state index contributed by atoms with van der Waals surface area (Å²) in [5, 5.41) is 16.0. The van der Waals surface area contributed by atoms with Crippen molar-refractivity contribution >= 4 is 11.3 Å². The molecule has 0 aliphatic carbocycles. The Morgan fingerprint density at radius 2 is 2.35 bits per heavy atom. The van der Waals surface area contributed by atoms with Crippen LogP contribution in [0.5, 0.6) is 0 Å². The molecule has 2 rings (SSSR count). The third-order valence-electron chi connectivity index (χ3n) is 2.66. The van der Waals surface area contributed by atoms with Crippen LogP contribution in [-0.4, -0.2) is 27.6 Å². The summed E-state index contributed by atoms with van der Waals surface area (Å²) in [5.74, 6) is 0. The van der Waals surface area contributed by atoms with E-state index in [0.717, 1.165) is 25.1 Å². The highest BCUT2D eigenvalue weighted by Crippen LogP contribution is 2.11. The fraction of sp³-hybridized carbons (Fsp3) is 0.500. The maximum absolute atomic E-state index is 4.14. The van der Waals surface area contributed by atoms with E-state index >= 15 is 0 Å². The standard InChI is InChI=1S/C12H18N4S/c1-3-13-11(6-10-4-5-17-9-10)7-12-8-16(2)15-14-12/h4-5,8-9,11,13H,3,6-7H2,1-2H3. The molecule has 92 valence electrons. The molecule has 0 aromatic carbocycles. The van der Waals surface area contributed by atoms with Gasteiger partial charge in [-0.25, -0.2) is 0 Å².